The number of carbonyl (C=O) groups excluding carboxylic acids is 1. The molecule has 2 atom stereocenters. The van der Waals surface area contributed by atoms with E-state index in [4.69, 9.17) is 0 Å². The van der Waals surface area contributed by atoms with Crippen LogP contribution in [0.5, 0.6) is 0 Å². The predicted octanol–water partition coefficient (Wildman–Crippen LogP) is 1.39. The summed E-state index contributed by atoms with van der Waals surface area (Å²) in [6.45, 7) is 5.14. The molecule has 3 nitrogen and oxygen atoms in total. The molecule has 15 heavy (non-hydrogen) atoms. The van der Waals surface area contributed by atoms with Crippen LogP contribution in [0, 0.1) is 5.92 Å². The monoisotopic (exact) mass is 210 g/mol. The summed E-state index contributed by atoms with van der Waals surface area (Å²) >= 11 is 0. The van der Waals surface area contributed by atoms with Crippen LogP contribution in [0.25, 0.3) is 0 Å². The third-order valence-corrected chi connectivity index (χ3v) is 3.73. The van der Waals surface area contributed by atoms with E-state index >= 15 is 0 Å². The largest absolute Gasteiger partial charge is 0.340 e. The zero-order valence-electron chi connectivity index (χ0n) is 9.67. The van der Waals surface area contributed by atoms with Crippen molar-refractivity contribution >= 4 is 5.91 Å². The molecule has 0 spiro atoms. The van der Waals surface area contributed by atoms with Crippen LogP contribution in [-0.4, -0.2) is 36.5 Å². The SMILES string of the molecule is CC1CCCCN1C(=O)C1CCCNC1. The summed E-state index contributed by atoms with van der Waals surface area (Å²) < 4.78 is 0. The fourth-order valence-corrected chi connectivity index (χ4v) is 2.72. The maximum Gasteiger partial charge on any atom is 0.227 e. The molecule has 0 aromatic heterocycles. The summed E-state index contributed by atoms with van der Waals surface area (Å²) in [7, 11) is 0. The fourth-order valence-electron chi connectivity index (χ4n) is 2.72. The average Bonchev–Trinajstić information content (AvgIpc) is 2.30. The van der Waals surface area contributed by atoms with Gasteiger partial charge in [-0.15, -0.1) is 0 Å². The fraction of sp³-hybridized carbons (Fsp3) is 0.917. The van der Waals surface area contributed by atoms with Crippen molar-refractivity contribution in [1.82, 2.24) is 10.2 Å². The Balaban J connectivity index is 1.92. The Morgan fingerprint density at radius 2 is 2.13 bits per heavy atom. The van der Waals surface area contributed by atoms with E-state index in [0.717, 1.165) is 32.5 Å². The van der Waals surface area contributed by atoms with E-state index in [0.29, 0.717) is 11.9 Å². The van der Waals surface area contributed by atoms with Crippen LogP contribution in [0.4, 0.5) is 0 Å². The second kappa shape index (κ2) is 4.97. The second-order valence-electron chi connectivity index (χ2n) is 4.92. The van der Waals surface area contributed by atoms with Crippen LogP contribution >= 0.6 is 0 Å². The number of likely N-dealkylation sites (tertiary alicyclic amines) is 1. The molecule has 2 unspecified atom stereocenters. The maximum absolute atomic E-state index is 12.2. The summed E-state index contributed by atoms with van der Waals surface area (Å²) in [6.07, 6.45) is 5.89. The minimum absolute atomic E-state index is 0.249. The molecular weight excluding hydrogens is 188 g/mol. The first-order valence-electron chi connectivity index (χ1n) is 6.30. The first-order valence-corrected chi connectivity index (χ1v) is 6.30. The predicted molar refractivity (Wildman–Crippen MR) is 60.6 cm³/mol. The van der Waals surface area contributed by atoms with Crippen molar-refractivity contribution in [2.45, 2.75) is 45.1 Å². The molecule has 0 saturated carbocycles. The molecule has 0 aromatic rings. The van der Waals surface area contributed by atoms with Crippen LogP contribution in [0.15, 0.2) is 0 Å². The van der Waals surface area contributed by atoms with E-state index in [-0.39, 0.29) is 5.92 Å². The smallest absolute Gasteiger partial charge is 0.227 e. The van der Waals surface area contributed by atoms with Gasteiger partial charge in [0.2, 0.25) is 5.91 Å². The van der Waals surface area contributed by atoms with Gasteiger partial charge in [-0.1, -0.05) is 0 Å². The van der Waals surface area contributed by atoms with E-state index in [1.165, 1.54) is 19.3 Å². The number of rotatable bonds is 1. The third-order valence-electron chi connectivity index (χ3n) is 3.73. The number of piperidine rings is 2. The van der Waals surface area contributed by atoms with E-state index in [2.05, 4.69) is 17.1 Å². The lowest BCUT2D eigenvalue weighted by Crippen LogP contribution is -2.48. The number of amides is 1. The van der Waals surface area contributed by atoms with Crippen molar-refractivity contribution in [3.63, 3.8) is 0 Å². The van der Waals surface area contributed by atoms with Gasteiger partial charge in [-0.3, -0.25) is 4.79 Å². The summed E-state index contributed by atoms with van der Waals surface area (Å²) in [5.74, 6) is 0.647. The Bertz CT molecular complexity index is 224. The Hall–Kier alpha value is -0.570. The lowest BCUT2D eigenvalue weighted by molar-refractivity contribution is -0.139. The van der Waals surface area contributed by atoms with Gasteiger partial charge in [-0.25, -0.2) is 0 Å². The molecule has 0 aliphatic carbocycles. The average molecular weight is 210 g/mol. The van der Waals surface area contributed by atoms with Gasteiger partial charge in [0, 0.05) is 19.1 Å². The molecule has 2 heterocycles. The summed E-state index contributed by atoms with van der Waals surface area (Å²) in [5, 5.41) is 3.32. The first-order chi connectivity index (χ1) is 7.29. The highest BCUT2D eigenvalue weighted by Crippen LogP contribution is 2.21. The van der Waals surface area contributed by atoms with Crippen molar-refractivity contribution in [1.29, 1.82) is 0 Å². The number of nitrogens with one attached hydrogen (secondary N) is 1. The zero-order valence-corrected chi connectivity index (χ0v) is 9.67. The molecule has 2 aliphatic rings. The number of hydrogen-bond donors (Lipinski definition) is 1. The molecule has 1 amide bonds. The quantitative estimate of drug-likeness (QED) is 0.709. The standard InChI is InChI=1S/C12H22N2O/c1-10-5-2-3-8-14(10)12(15)11-6-4-7-13-9-11/h10-11,13H,2-9H2,1H3. The summed E-state index contributed by atoms with van der Waals surface area (Å²) in [6, 6.07) is 0.466. The van der Waals surface area contributed by atoms with Gasteiger partial charge < -0.3 is 10.2 Å². The summed E-state index contributed by atoms with van der Waals surface area (Å²) in [4.78, 5) is 14.4. The van der Waals surface area contributed by atoms with E-state index < -0.39 is 0 Å². The Morgan fingerprint density at radius 3 is 2.80 bits per heavy atom. The van der Waals surface area contributed by atoms with Crippen LogP contribution < -0.4 is 5.32 Å². The van der Waals surface area contributed by atoms with E-state index in [1.807, 2.05) is 0 Å². The topological polar surface area (TPSA) is 32.3 Å². The van der Waals surface area contributed by atoms with Crippen molar-refractivity contribution in [3.8, 4) is 0 Å². The minimum atomic E-state index is 0.249. The van der Waals surface area contributed by atoms with Gasteiger partial charge in [-0.05, 0) is 45.6 Å². The van der Waals surface area contributed by atoms with E-state index in [9.17, 15) is 4.79 Å². The minimum Gasteiger partial charge on any atom is -0.340 e. The molecule has 86 valence electrons. The van der Waals surface area contributed by atoms with Crippen LogP contribution in [0.3, 0.4) is 0 Å². The highest BCUT2D eigenvalue weighted by molar-refractivity contribution is 5.79. The molecule has 0 radical (unpaired) electrons. The van der Waals surface area contributed by atoms with Crippen molar-refractivity contribution in [3.05, 3.63) is 0 Å². The molecule has 0 aromatic carbocycles. The van der Waals surface area contributed by atoms with Crippen molar-refractivity contribution in [2.75, 3.05) is 19.6 Å². The molecule has 0 bridgehead atoms. The number of carbonyl (C=O) groups is 1. The molecule has 3 heteroatoms. The number of nitrogens with zero attached hydrogens (tertiary/aromatic N) is 1. The van der Waals surface area contributed by atoms with Crippen molar-refractivity contribution in [2.24, 2.45) is 5.92 Å². The normalized spacial score (nSPS) is 32.7. The van der Waals surface area contributed by atoms with Crippen LogP contribution in [-0.2, 0) is 4.79 Å². The molecule has 2 saturated heterocycles. The zero-order chi connectivity index (χ0) is 10.7. The van der Waals surface area contributed by atoms with E-state index in [1.54, 1.807) is 0 Å². The molecular formula is C12H22N2O. The van der Waals surface area contributed by atoms with Gasteiger partial charge in [0.15, 0.2) is 0 Å². The summed E-state index contributed by atoms with van der Waals surface area (Å²) in [5.41, 5.74) is 0. The van der Waals surface area contributed by atoms with Crippen molar-refractivity contribution < 1.29 is 4.79 Å². The van der Waals surface area contributed by atoms with Gasteiger partial charge in [0.25, 0.3) is 0 Å². The lowest BCUT2D eigenvalue weighted by atomic mass is 9.95. The highest BCUT2D eigenvalue weighted by atomic mass is 16.2. The molecule has 1 N–H and O–H groups in total. The molecule has 2 aliphatic heterocycles. The van der Waals surface area contributed by atoms with Gasteiger partial charge in [-0.2, -0.15) is 0 Å². The first kappa shape index (κ1) is 10.9. The van der Waals surface area contributed by atoms with Gasteiger partial charge in [0.05, 0.1) is 5.92 Å². The highest BCUT2D eigenvalue weighted by Gasteiger charge is 2.29. The Labute approximate surface area is 92.2 Å². The van der Waals surface area contributed by atoms with Gasteiger partial charge in [0.1, 0.15) is 0 Å². The second-order valence-corrected chi connectivity index (χ2v) is 4.92. The van der Waals surface area contributed by atoms with Crippen LogP contribution in [0.2, 0.25) is 0 Å². The maximum atomic E-state index is 12.2. The molecule has 2 fully saturated rings. The molecule has 2 rings (SSSR count). The van der Waals surface area contributed by atoms with Gasteiger partial charge >= 0.3 is 0 Å². The number of hydrogen-bond acceptors (Lipinski definition) is 2. The lowest BCUT2D eigenvalue weighted by Gasteiger charge is -2.37. The Kier molecular flexibility index (Phi) is 3.62. The Morgan fingerprint density at radius 1 is 1.27 bits per heavy atom. The third kappa shape index (κ3) is 2.51. The van der Waals surface area contributed by atoms with Crippen LogP contribution in [0.1, 0.15) is 39.0 Å².